The summed E-state index contributed by atoms with van der Waals surface area (Å²) in [4.78, 5) is 11.8. The Morgan fingerprint density at radius 1 is 1.23 bits per heavy atom. The molecular formula is C17H26N2O2S. The summed E-state index contributed by atoms with van der Waals surface area (Å²) in [7, 11) is 0. The lowest BCUT2D eigenvalue weighted by Crippen LogP contribution is -2.44. The monoisotopic (exact) mass is 322 g/mol. The van der Waals surface area contributed by atoms with Crippen LogP contribution in [0.1, 0.15) is 36.8 Å². The molecule has 3 N–H and O–H groups in total. The fourth-order valence-electron chi connectivity index (χ4n) is 2.57. The quantitative estimate of drug-likeness (QED) is 0.706. The zero-order valence-electron chi connectivity index (χ0n) is 13.2. The van der Waals surface area contributed by atoms with E-state index in [0.29, 0.717) is 6.54 Å². The molecule has 0 heterocycles. The van der Waals surface area contributed by atoms with Crippen molar-refractivity contribution in [3.63, 3.8) is 0 Å². The number of amides is 2. The number of hydrogen-bond donors (Lipinski definition) is 3. The van der Waals surface area contributed by atoms with Gasteiger partial charge in [0.05, 0.1) is 6.10 Å². The summed E-state index contributed by atoms with van der Waals surface area (Å²) >= 11 is 1.82. The van der Waals surface area contributed by atoms with Gasteiger partial charge in [-0.25, -0.2) is 4.79 Å². The molecule has 1 saturated carbocycles. The van der Waals surface area contributed by atoms with E-state index in [0.717, 1.165) is 37.2 Å². The topological polar surface area (TPSA) is 61.4 Å². The Hall–Kier alpha value is -1.20. The Kier molecular flexibility index (Phi) is 7.06. The van der Waals surface area contributed by atoms with Crippen LogP contribution in [0.5, 0.6) is 0 Å². The smallest absolute Gasteiger partial charge is 0.315 e. The third-order valence-corrected chi connectivity index (χ3v) is 4.98. The Morgan fingerprint density at radius 2 is 1.91 bits per heavy atom. The van der Waals surface area contributed by atoms with Crippen LogP contribution in [0.2, 0.25) is 0 Å². The molecule has 1 aliphatic rings. The van der Waals surface area contributed by atoms with Crippen LogP contribution in [0.15, 0.2) is 24.3 Å². The zero-order chi connectivity index (χ0) is 15.8. The van der Waals surface area contributed by atoms with Crippen LogP contribution in [-0.4, -0.2) is 35.6 Å². The summed E-state index contributed by atoms with van der Waals surface area (Å²) in [5, 5.41) is 15.3. The normalized spacial score (nSPS) is 21.4. The number of aryl methyl sites for hydroxylation is 1. The first-order valence-electron chi connectivity index (χ1n) is 7.99. The van der Waals surface area contributed by atoms with Gasteiger partial charge in [0.15, 0.2) is 0 Å². The minimum Gasteiger partial charge on any atom is -0.393 e. The van der Waals surface area contributed by atoms with Crippen molar-refractivity contribution in [2.24, 2.45) is 0 Å². The van der Waals surface area contributed by atoms with Gasteiger partial charge in [-0.3, -0.25) is 0 Å². The van der Waals surface area contributed by atoms with Crippen molar-refractivity contribution >= 4 is 17.8 Å². The number of nitrogens with one attached hydrogen (secondary N) is 2. The predicted octanol–water partition coefficient (Wildman–Crippen LogP) is 2.83. The van der Waals surface area contributed by atoms with E-state index >= 15 is 0 Å². The number of rotatable bonds is 6. The van der Waals surface area contributed by atoms with Gasteiger partial charge >= 0.3 is 6.03 Å². The molecule has 0 unspecified atom stereocenters. The number of urea groups is 1. The molecule has 1 aromatic rings. The average molecular weight is 322 g/mol. The SMILES string of the molecule is Cc1ccc(CSCCNC(=O)NC2CCC(O)CC2)cc1. The molecule has 4 nitrogen and oxygen atoms in total. The van der Waals surface area contributed by atoms with E-state index in [4.69, 9.17) is 0 Å². The van der Waals surface area contributed by atoms with Crippen LogP contribution >= 0.6 is 11.8 Å². The molecule has 0 aliphatic heterocycles. The molecule has 0 atom stereocenters. The van der Waals surface area contributed by atoms with Gasteiger partial charge in [0.25, 0.3) is 0 Å². The Balaban J connectivity index is 1.52. The highest BCUT2D eigenvalue weighted by Gasteiger charge is 2.20. The van der Waals surface area contributed by atoms with Gasteiger partial charge in [0.1, 0.15) is 0 Å². The number of carbonyl (C=O) groups excluding carboxylic acids is 1. The van der Waals surface area contributed by atoms with E-state index < -0.39 is 0 Å². The highest BCUT2D eigenvalue weighted by Crippen LogP contribution is 2.18. The Morgan fingerprint density at radius 3 is 2.59 bits per heavy atom. The van der Waals surface area contributed by atoms with Crippen molar-refractivity contribution in [3.8, 4) is 0 Å². The van der Waals surface area contributed by atoms with E-state index in [1.807, 2.05) is 11.8 Å². The number of aliphatic hydroxyl groups excluding tert-OH is 1. The van der Waals surface area contributed by atoms with Crippen molar-refractivity contribution in [3.05, 3.63) is 35.4 Å². The number of hydrogen-bond acceptors (Lipinski definition) is 3. The first-order valence-corrected chi connectivity index (χ1v) is 9.14. The summed E-state index contributed by atoms with van der Waals surface area (Å²) in [5.74, 6) is 1.88. The average Bonchev–Trinajstić information content (AvgIpc) is 2.51. The number of carbonyl (C=O) groups is 1. The van der Waals surface area contributed by atoms with Gasteiger partial charge < -0.3 is 15.7 Å². The number of aliphatic hydroxyl groups is 1. The van der Waals surface area contributed by atoms with E-state index in [1.165, 1.54) is 11.1 Å². The molecule has 5 heteroatoms. The van der Waals surface area contributed by atoms with Gasteiger partial charge in [0.2, 0.25) is 0 Å². The van der Waals surface area contributed by atoms with Gasteiger partial charge in [-0.05, 0) is 38.2 Å². The predicted molar refractivity (Wildman–Crippen MR) is 92.1 cm³/mol. The van der Waals surface area contributed by atoms with Gasteiger partial charge in [0, 0.05) is 24.1 Å². The third kappa shape index (κ3) is 6.28. The maximum atomic E-state index is 11.8. The molecule has 22 heavy (non-hydrogen) atoms. The molecular weight excluding hydrogens is 296 g/mol. The molecule has 0 bridgehead atoms. The van der Waals surface area contributed by atoms with Crippen molar-refractivity contribution in [1.29, 1.82) is 0 Å². The highest BCUT2D eigenvalue weighted by molar-refractivity contribution is 7.98. The maximum absolute atomic E-state index is 11.8. The van der Waals surface area contributed by atoms with Gasteiger partial charge in [-0.1, -0.05) is 29.8 Å². The molecule has 0 radical (unpaired) electrons. The maximum Gasteiger partial charge on any atom is 0.315 e. The van der Waals surface area contributed by atoms with Crippen LogP contribution < -0.4 is 10.6 Å². The van der Waals surface area contributed by atoms with Gasteiger partial charge in [-0.2, -0.15) is 11.8 Å². The standard InChI is InChI=1S/C17H26N2O2S/c1-13-2-4-14(5-3-13)12-22-11-10-18-17(21)19-15-6-8-16(20)9-7-15/h2-5,15-16,20H,6-12H2,1H3,(H2,18,19,21). The van der Waals surface area contributed by atoms with E-state index in [1.54, 1.807) is 0 Å². The molecule has 1 fully saturated rings. The molecule has 1 aliphatic carbocycles. The Labute approximate surface area is 137 Å². The number of thioether (sulfide) groups is 1. The summed E-state index contributed by atoms with van der Waals surface area (Å²) in [5.41, 5.74) is 2.60. The van der Waals surface area contributed by atoms with Crippen molar-refractivity contribution in [2.75, 3.05) is 12.3 Å². The molecule has 2 rings (SSSR count). The lowest BCUT2D eigenvalue weighted by atomic mass is 9.93. The molecule has 122 valence electrons. The lowest BCUT2D eigenvalue weighted by Gasteiger charge is -2.26. The van der Waals surface area contributed by atoms with Gasteiger partial charge in [-0.15, -0.1) is 0 Å². The molecule has 0 spiro atoms. The molecule has 0 aromatic heterocycles. The Bertz CT molecular complexity index is 456. The van der Waals surface area contributed by atoms with Crippen molar-refractivity contribution in [2.45, 2.75) is 50.5 Å². The second kappa shape index (κ2) is 9.06. The molecule has 0 saturated heterocycles. The van der Waals surface area contributed by atoms with Crippen molar-refractivity contribution < 1.29 is 9.90 Å². The van der Waals surface area contributed by atoms with Crippen LogP contribution in [0.4, 0.5) is 4.79 Å². The minimum atomic E-state index is -0.181. The summed E-state index contributed by atoms with van der Waals surface area (Å²) in [6, 6.07) is 8.69. The van der Waals surface area contributed by atoms with Crippen LogP contribution in [0, 0.1) is 6.92 Å². The summed E-state index contributed by atoms with van der Waals surface area (Å²) in [6.45, 7) is 2.77. The van der Waals surface area contributed by atoms with Crippen LogP contribution in [0.25, 0.3) is 0 Å². The molecule has 2 amide bonds. The first kappa shape index (κ1) is 17.2. The fourth-order valence-corrected chi connectivity index (χ4v) is 3.39. The van der Waals surface area contributed by atoms with E-state index in [2.05, 4.69) is 41.8 Å². The van der Waals surface area contributed by atoms with E-state index in [9.17, 15) is 9.90 Å². The van der Waals surface area contributed by atoms with E-state index in [-0.39, 0.29) is 18.2 Å². The summed E-state index contributed by atoms with van der Waals surface area (Å²) in [6.07, 6.45) is 3.14. The lowest BCUT2D eigenvalue weighted by molar-refractivity contribution is 0.117. The van der Waals surface area contributed by atoms with Crippen LogP contribution in [0.3, 0.4) is 0 Å². The van der Waals surface area contributed by atoms with Crippen molar-refractivity contribution in [1.82, 2.24) is 10.6 Å². The summed E-state index contributed by atoms with van der Waals surface area (Å²) < 4.78 is 0. The first-order chi connectivity index (χ1) is 10.6. The number of benzene rings is 1. The fraction of sp³-hybridized carbons (Fsp3) is 0.588. The zero-order valence-corrected chi connectivity index (χ0v) is 14.0. The highest BCUT2D eigenvalue weighted by atomic mass is 32.2. The molecule has 1 aromatic carbocycles. The minimum absolute atomic E-state index is 0.0858. The second-order valence-electron chi connectivity index (χ2n) is 5.94. The largest absolute Gasteiger partial charge is 0.393 e. The van der Waals surface area contributed by atoms with Crippen LogP contribution in [-0.2, 0) is 5.75 Å². The second-order valence-corrected chi connectivity index (χ2v) is 7.05. The third-order valence-electron chi connectivity index (χ3n) is 3.95.